The number of rotatable bonds is 4. The van der Waals surface area contributed by atoms with E-state index < -0.39 is 6.09 Å². The van der Waals surface area contributed by atoms with Gasteiger partial charge in [-0.3, -0.25) is 4.98 Å². The molecule has 1 aliphatic carbocycles. The van der Waals surface area contributed by atoms with Gasteiger partial charge in [0.15, 0.2) is 0 Å². The first-order valence-corrected chi connectivity index (χ1v) is 9.50. The van der Waals surface area contributed by atoms with Crippen molar-refractivity contribution < 1.29 is 9.53 Å². The van der Waals surface area contributed by atoms with Crippen LogP contribution in [0.15, 0.2) is 67.0 Å². The highest BCUT2D eigenvalue weighted by Crippen LogP contribution is 2.44. The summed E-state index contributed by atoms with van der Waals surface area (Å²) in [6.45, 7) is 0.722. The van der Waals surface area contributed by atoms with Gasteiger partial charge < -0.3 is 15.8 Å². The fourth-order valence-electron chi connectivity index (χ4n) is 3.57. The van der Waals surface area contributed by atoms with Gasteiger partial charge in [-0.1, -0.05) is 60.4 Å². The summed E-state index contributed by atoms with van der Waals surface area (Å²) < 4.78 is 5.50. The Morgan fingerprint density at radius 3 is 2.45 bits per heavy atom. The number of aromatic nitrogens is 1. The molecule has 5 heteroatoms. The highest BCUT2D eigenvalue weighted by Gasteiger charge is 2.28. The average Bonchev–Trinajstić information content (AvgIpc) is 3.06. The van der Waals surface area contributed by atoms with E-state index in [0.717, 1.165) is 5.56 Å². The summed E-state index contributed by atoms with van der Waals surface area (Å²) in [6, 6.07) is 18.3. The van der Waals surface area contributed by atoms with Crippen LogP contribution in [0.5, 0.6) is 0 Å². The number of hydrogen-bond donors (Lipinski definition) is 2. The Labute approximate surface area is 169 Å². The number of hydrogen-bond acceptors (Lipinski definition) is 4. The van der Waals surface area contributed by atoms with Crippen LogP contribution in [0.1, 0.15) is 29.0 Å². The predicted molar refractivity (Wildman–Crippen MR) is 113 cm³/mol. The summed E-state index contributed by atoms with van der Waals surface area (Å²) in [5.41, 5.74) is 11.8. The minimum Gasteiger partial charge on any atom is -0.449 e. The molecule has 3 N–H and O–H groups in total. The first-order valence-electron chi connectivity index (χ1n) is 9.50. The van der Waals surface area contributed by atoms with E-state index >= 15 is 0 Å². The van der Waals surface area contributed by atoms with Crippen molar-refractivity contribution in [2.75, 3.05) is 18.9 Å². The minimum atomic E-state index is -0.431. The maximum atomic E-state index is 12.1. The van der Waals surface area contributed by atoms with Gasteiger partial charge in [-0.2, -0.15) is 0 Å². The summed E-state index contributed by atoms with van der Waals surface area (Å²) in [4.78, 5) is 16.1. The standard InChI is InChI=1S/C24H21N3O2/c25-18-13-17(14-26-15-18)7-5-6-12-27-24(28)29-16-23-21-10-3-1-8-19(21)20-9-2-4-11-22(20)23/h1-4,8-11,13-15,23H,6,12,16,25H2,(H,27,28). The molecule has 0 aliphatic heterocycles. The lowest BCUT2D eigenvalue weighted by Gasteiger charge is -2.14. The number of ether oxygens (including phenoxy) is 1. The summed E-state index contributed by atoms with van der Waals surface area (Å²) >= 11 is 0. The van der Waals surface area contributed by atoms with Gasteiger partial charge in [-0.25, -0.2) is 4.79 Å². The third-order valence-corrected chi connectivity index (χ3v) is 4.86. The van der Waals surface area contributed by atoms with Gasteiger partial charge in [-0.05, 0) is 28.3 Å². The summed E-state index contributed by atoms with van der Waals surface area (Å²) in [5.74, 6) is 6.02. The fraction of sp³-hybridized carbons (Fsp3) is 0.167. The van der Waals surface area contributed by atoms with Crippen LogP contribution in [0.25, 0.3) is 11.1 Å². The number of nitrogens with two attached hydrogens (primary N) is 1. The van der Waals surface area contributed by atoms with Gasteiger partial charge in [0.05, 0.1) is 5.69 Å². The molecule has 1 amide bonds. The second-order valence-electron chi connectivity index (χ2n) is 6.81. The van der Waals surface area contributed by atoms with Gasteiger partial charge in [0.2, 0.25) is 0 Å². The van der Waals surface area contributed by atoms with Crippen LogP contribution in [-0.2, 0) is 4.74 Å². The SMILES string of the molecule is Nc1cncc(C#CCCNC(=O)OCC2c3ccccc3-c3ccccc32)c1. The number of pyridine rings is 1. The van der Waals surface area contributed by atoms with Crippen LogP contribution in [0.3, 0.4) is 0 Å². The first-order chi connectivity index (χ1) is 14.2. The number of nitrogens with one attached hydrogen (secondary N) is 1. The Bertz CT molecular complexity index is 1050. The van der Waals surface area contributed by atoms with E-state index in [2.05, 4.69) is 46.4 Å². The number of amides is 1. The molecule has 0 atom stereocenters. The molecule has 144 valence electrons. The minimum absolute atomic E-state index is 0.0592. The Kier molecular flexibility index (Phi) is 5.44. The van der Waals surface area contributed by atoms with Crippen molar-refractivity contribution in [3.05, 3.63) is 83.7 Å². The number of benzene rings is 2. The van der Waals surface area contributed by atoms with E-state index in [1.54, 1.807) is 18.5 Å². The molecule has 1 aromatic heterocycles. The smallest absolute Gasteiger partial charge is 0.407 e. The van der Waals surface area contributed by atoms with Crippen LogP contribution < -0.4 is 11.1 Å². The van der Waals surface area contributed by atoms with Gasteiger partial charge in [0, 0.05) is 36.8 Å². The Morgan fingerprint density at radius 1 is 1.07 bits per heavy atom. The van der Waals surface area contributed by atoms with Gasteiger partial charge in [0.1, 0.15) is 6.61 Å². The van der Waals surface area contributed by atoms with Crippen molar-refractivity contribution >= 4 is 11.8 Å². The molecule has 0 radical (unpaired) electrons. The van der Waals surface area contributed by atoms with E-state index in [1.807, 2.05) is 24.3 Å². The molecule has 4 rings (SSSR count). The zero-order valence-electron chi connectivity index (χ0n) is 15.9. The zero-order chi connectivity index (χ0) is 20.1. The second kappa shape index (κ2) is 8.49. The number of nitrogens with zero attached hydrogens (tertiary/aromatic N) is 1. The largest absolute Gasteiger partial charge is 0.449 e. The zero-order valence-corrected chi connectivity index (χ0v) is 15.9. The Hall–Kier alpha value is -3.78. The normalized spacial score (nSPS) is 11.7. The topological polar surface area (TPSA) is 77.2 Å². The molecule has 0 spiro atoms. The predicted octanol–water partition coefficient (Wildman–Crippen LogP) is 3.94. The highest BCUT2D eigenvalue weighted by molar-refractivity contribution is 5.79. The van der Waals surface area contributed by atoms with Crippen LogP contribution in [0.4, 0.5) is 10.5 Å². The lowest BCUT2D eigenvalue weighted by atomic mass is 9.98. The van der Waals surface area contributed by atoms with E-state index in [0.29, 0.717) is 25.3 Å². The molecule has 1 aliphatic rings. The number of carbonyl (C=O) groups excluding carboxylic acids is 1. The monoisotopic (exact) mass is 383 g/mol. The van der Waals surface area contributed by atoms with E-state index in [9.17, 15) is 4.79 Å². The van der Waals surface area contributed by atoms with Gasteiger partial charge in [0.25, 0.3) is 0 Å². The number of alkyl carbamates (subject to hydrolysis) is 1. The van der Waals surface area contributed by atoms with Crippen LogP contribution in [-0.4, -0.2) is 24.2 Å². The number of anilines is 1. The Morgan fingerprint density at radius 2 is 1.76 bits per heavy atom. The molecule has 0 unspecified atom stereocenters. The molecule has 29 heavy (non-hydrogen) atoms. The van der Waals surface area contributed by atoms with Crippen LogP contribution >= 0.6 is 0 Å². The summed E-state index contributed by atoms with van der Waals surface area (Å²) in [6.07, 6.45) is 3.31. The molecule has 0 bridgehead atoms. The molecule has 2 aromatic carbocycles. The van der Waals surface area contributed by atoms with Crippen molar-refractivity contribution in [2.24, 2.45) is 0 Å². The molecule has 5 nitrogen and oxygen atoms in total. The summed E-state index contributed by atoms with van der Waals surface area (Å²) in [5, 5.41) is 2.75. The number of nitrogen functional groups attached to an aromatic ring is 1. The molecule has 1 heterocycles. The third kappa shape index (κ3) is 4.22. The molecule has 3 aromatic rings. The lowest BCUT2D eigenvalue weighted by Crippen LogP contribution is -2.26. The Balaban J connectivity index is 1.29. The van der Waals surface area contributed by atoms with E-state index in [1.165, 1.54) is 22.3 Å². The lowest BCUT2D eigenvalue weighted by molar-refractivity contribution is 0.143. The third-order valence-electron chi connectivity index (χ3n) is 4.86. The molecule has 0 fully saturated rings. The molecular formula is C24H21N3O2. The maximum absolute atomic E-state index is 12.1. The van der Waals surface area contributed by atoms with Gasteiger partial charge in [-0.15, -0.1) is 0 Å². The highest BCUT2D eigenvalue weighted by atomic mass is 16.5. The van der Waals surface area contributed by atoms with Crippen molar-refractivity contribution in [2.45, 2.75) is 12.3 Å². The van der Waals surface area contributed by atoms with Crippen molar-refractivity contribution in [1.82, 2.24) is 10.3 Å². The summed E-state index contributed by atoms with van der Waals surface area (Å²) in [7, 11) is 0. The van der Waals surface area contributed by atoms with Crippen molar-refractivity contribution in [1.29, 1.82) is 0 Å². The van der Waals surface area contributed by atoms with Crippen LogP contribution in [0.2, 0.25) is 0 Å². The van der Waals surface area contributed by atoms with Crippen LogP contribution in [0, 0.1) is 11.8 Å². The molecule has 0 saturated heterocycles. The van der Waals surface area contributed by atoms with E-state index in [4.69, 9.17) is 10.5 Å². The quantitative estimate of drug-likeness (QED) is 0.528. The fourth-order valence-corrected chi connectivity index (χ4v) is 3.57. The average molecular weight is 383 g/mol. The molecule has 0 saturated carbocycles. The second-order valence-corrected chi connectivity index (χ2v) is 6.81. The maximum Gasteiger partial charge on any atom is 0.407 e. The number of carbonyl (C=O) groups is 1. The number of fused-ring (bicyclic) bond motifs is 3. The van der Waals surface area contributed by atoms with Crippen molar-refractivity contribution in [3.63, 3.8) is 0 Å². The molecular weight excluding hydrogens is 362 g/mol. The van der Waals surface area contributed by atoms with Crippen molar-refractivity contribution in [3.8, 4) is 23.0 Å². The first kappa shape index (κ1) is 18.6. The van der Waals surface area contributed by atoms with Gasteiger partial charge >= 0.3 is 6.09 Å². The van der Waals surface area contributed by atoms with E-state index in [-0.39, 0.29) is 5.92 Å².